The lowest BCUT2D eigenvalue weighted by Gasteiger charge is -2.50. The van der Waals surface area contributed by atoms with Crippen molar-refractivity contribution in [1.29, 1.82) is 0 Å². The van der Waals surface area contributed by atoms with Crippen LogP contribution in [0.15, 0.2) is 0 Å². The van der Waals surface area contributed by atoms with E-state index in [4.69, 9.17) is 4.74 Å². The number of fused-ring (bicyclic) bond motifs is 2. The predicted molar refractivity (Wildman–Crippen MR) is 85.2 cm³/mol. The van der Waals surface area contributed by atoms with E-state index in [-0.39, 0.29) is 24.1 Å². The van der Waals surface area contributed by atoms with Gasteiger partial charge in [-0.2, -0.15) is 5.10 Å². The summed E-state index contributed by atoms with van der Waals surface area (Å²) in [5, 5.41) is 10.6. The summed E-state index contributed by atoms with van der Waals surface area (Å²) in [5.74, 6) is 0.379. The molecule has 1 amide bonds. The number of carbonyl (C=O) groups excluding carboxylic acids is 1. The van der Waals surface area contributed by atoms with E-state index in [2.05, 4.69) is 32.4 Å². The number of aromatic amines is 1. The molecule has 126 valence electrons. The zero-order valence-corrected chi connectivity index (χ0v) is 14.0. The molecule has 7 nitrogen and oxygen atoms in total. The smallest absolute Gasteiger partial charge is 0.272 e. The number of hydrogen-bond donors (Lipinski definition) is 2. The van der Waals surface area contributed by atoms with Crippen LogP contribution in [0.2, 0.25) is 0 Å². The van der Waals surface area contributed by atoms with Gasteiger partial charge >= 0.3 is 0 Å². The summed E-state index contributed by atoms with van der Waals surface area (Å²) < 4.78 is 5.81. The quantitative estimate of drug-likeness (QED) is 0.810. The Kier molecular flexibility index (Phi) is 3.66. The summed E-state index contributed by atoms with van der Waals surface area (Å²) in [6.07, 6.45) is 2.21. The maximum atomic E-state index is 12.8. The minimum absolute atomic E-state index is 0.0556. The highest BCUT2D eigenvalue weighted by molar-refractivity contribution is 5.94. The van der Waals surface area contributed by atoms with Crippen molar-refractivity contribution in [1.82, 2.24) is 25.3 Å². The molecule has 4 atom stereocenters. The van der Waals surface area contributed by atoms with Crippen LogP contribution in [0, 0.1) is 5.92 Å². The molecule has 2 aliphatic heterocycles. The van der Waals surface area contributed by atoms with E-state index in [1.807, 2.05) is 14.1 Å². The average molecular weight is 319 g/mol. The standard InChI is InChI=1S/C16H25N5O2/c1-20(2)14-12(9-5-7-23-15(9)14)17-16(22)13-10-8-21(3)6-4-11(10)18-19-13/h9,12,14-15H,4-8H2,1-3H3,(H,17,22)(H,18,19)/t9-,12+,14-,15-/m1/s1. The van der Waals surface area contributed by atoms with Gasteiger partial charge < -0.3 is 19.9 Å². The van der Waals surface area contributed by atoms with Crippen molar-refractivity contribution >= 4 is 5.91 Å². The Balaban J connectivity index is 1.51. The highest BCUT2D eigenvalue weighted by Gasteiger charge is 2.55. The van der Waals surface area contributed by atoms with Crippen LogP contribution < -0.4 is 5.32 Å². The van der Waals surface area contributed by atoms with E-state index >= 15 is 0 Å². The van der Waals surface area contributed by atoms with E-state index in [1.165, 1.54) is 0 Å². The molecule has 3 heterocycles. The lowest BCUT2D eigenvalue weighted by Crippen LogP contribution is -2.69. The number of nitrogens with zero attached hydrogens (tertiary/aromatic N) is 3. The Hall–Kier alpha value is -1.44. The van der Waals surface area contributed by atoms with Crippen molar-refractivity contribution in [2.45, 2.75) is 37.6 Å². The number of aromatic nitrogens is 2. The van der Waals surface area contributed by atoms with Crippen LogP contribution in [-0.2, 0) is 17.7 Å². The van der Waals surface area contributed by atoms with E-state index in [0.717, 1.165) is 43.8 Å². The molecular formula is C16H25N5O2. The maximum Gasteiger partial charge on any atom is 0.272 e. The van der Waals surface area contributed by atoms with Gasteiger partial charge in [-0.05, 0) is 27.6 Å². The molecule has 1 aromatic rings. The molecule has 1 saturated carbocycles. The number of carbonyl (C=O) groups is 1. The molecule has 0 aromatic carbocycles. The number of rotatable bonds is 3. The molecule has 23 heavy (non-hydrogen) atoms. The van der Waals surface area contributed by atoms with Crippen LogP contribution in [0.5, 0.6) is 0 Å². The van der Waals surface area contributed by atoms with Crippen LogP contribution >= 0.6 is 0 Å². The molecule has 0 bridgehead atoms. The SMILES string of the molecule is CN1CCc2[nH]nc(C(=O)N[C@H]3[C@H]4CCO[C@H]4[C@@H]3N(C)C)c2C1. The van der Waals surface area contributed by atoms with Crippen LogP contribution in [0.1, 0.15) is 28.2 Å². The molecule has 2 fully saturated rings. The molecule has 3 aliphatic rings. The predicted octanol–water partition coefficient (Wildman–Crippen LogP) is -0.155. The van der Waals surface area contributed by atoms with Gasteiger partial charge in [0, 0.05) is 43.3 Å². The van der Waals surface area contributed by atoms with Crippen molar-refractivity contribution < 1.29 is 9.53 Å². The number of amides is 1. The largest absolute Gasteiger partial charge is 0.376 e. The highest BCUT2D eigenvalue weighted by Crippen LogP contribution is 2.41. The second-order valence-electron chi connectivity index (χ2n) is 7.26. The zero-order chi connectivity index (χ0) is 16.1. The molecule has 1 saturated heterocycles. The Morgan fingerprint density at radius 1 is 1.48 bits per heavy atom. The zero-order valence-electron chi connectivity index (χ0n) is 14.0. The van der Waals surface area contributed by atoms with Gasteiger partial charge in [0.05, 0.1) is 18.2 Å². The number of ether oxygens (including phenoxy) is 1. The van der Waals surface area contributed by atoms with Gasteiger partial charge in [-0.25, -0.2) is 0 Å². The highest BCUT2D eigenvalue weighted by atomic mass is 16.5. The first-order valence-electron chi connectivity index (χ1n) is 8.40. The molecule has 0 radical (unpaired) electrons. The third-order valence-electron chi connectivity index (χ3n) is 5.58. The van der Waals surface area contributed by atoms with Crippen LogP contribution in [-0.4, -0.2) is 78.4 Å². The van der Waals surface area contributed by atoms with Crippen molar-refractivity contribution in [3.8, 4) is 0 Å². The Morgan fingerprint density at radius 2 is 2.30 bits per heavy atom. The van der Waals surface area contributed by atoms with E-state index in [1.54, 1.807) is 0 Å². The van der Waals surface area contributed by atoms with Gasteiger partial charge in [0.2, 0.25) is 0 Å². The van der Waals surface area contributed by atoms with Gasteiger partial charge in [-0.15, -0.1) is 0 Å². The Bertz CT molecular complexity index is 614. The second-order valence-corrected chi connectivity index (χ2v) is 7.26. The van der Waals surface area contributed by atoms with E-state index < -0.39 is 0 Å². The molecule has 1 aliphatic carbocycles. The normalized spacial score (nSPS) is 33.2. The van der Waals surface area contributed by atoms with Crippen molar-refractivity contribution in [3.63, 3.8) is 0 Å². The first kappa shape index (κ1) is 15.1. The lowest BCUT2D eigenvalue weighted by atomic mass is 9.71. The van der Waals surface area contributed by atoms with Gasteiger partial charge in [0.1, 0.15) is 0 Å². The van der Waals surface area contributed by atoms with E-state index in [9.17, 15) is 4.79 Å². The van der Waals surface area contributed by atoms with E-state index in [0.29, 0.717) is 11.6 Å². The fourth-order valence-corrected chi connectivity index (χ4v) is 4.32. The molecule has 7 heteroatoms. The number of hydrogen-bond acceptors (Lipinski definition) is 5. The third-order valence-corrected chi connectivity index (χ3v) is 5.58. The first-order chi connectivity index (χ1) is 11.1. The summed E-state index contributed by atoms with van der Waals surface area (Å²) in [5.41, 5.74) is 2.72. The number of likely N-dealkylation sites (N-methyl/N-ethyl adjacent to an activating group) is 2. The third kappa shape index (κ3) is 2.38. The van der Waals surface area contributed by atoms with Crippen LogP contribution in [0.25, 0.3) is 0 Å². The minimum atomic E-state index is -0.0556. The van der Waals surface area contributed by atoms with Crippen LogP contribution in [0.4, 0.5) is 0 Å². The van der Waals surface area contributed by atoms with Gasteiger partial charge in [0.15, 0.2) is 5.69 Å². The number of nitrogens with one attached hydrogen (secondary N) is 2. The summed E-state index contributed by atoms with van der Waals surface area (Å²) in [4.78, 5) is 17.2. The summed E-state index contributed by atoms with van der Waals surface area (Å²) in [6, 6.07) is 0.405. The lowest BCUT2D eigenvalue weighted by molar-refractivity contribution is -0.0664. The topological polar surface area (TPSA) is 73.5 Å². The maximum absolute atomic E-state index is 12.8. The van der Waals surface area contributed by atoms with Crippen LogP contribution in [0.3, 0.4) is 0 Å². The Morgan fingerprint density at radius 3 is 3.09 bits per heavy atom. The van der Waals surface area contributed by atoms with Gasteiger partial charge in [0.25, 0.3) is 5.91 Å². The first-order valence-corrected chi connectivity index (χ1v) is 8.40. The molecule has 2 N–H and O–H groups in total. The average Bonchev–Trinajstić information content (AvgIpc) is 3.08. The molecule has 1 aromatic heterocycles. The molecule has 4 rings (SSSR count). The fraction of sp³-hybridized carbons (Fsp3) is 0.750. The summed E-state index contributed by atoms with van der Waals surface area (Å²) >= 11 is 0. The number of H-pyrrole nitrogens is 1. The summed E-state index contributed by atoms with van der Waals surface area (Å²) in [7, 11) is 6.17. The Labute approximate surface area is 136 Å². The molecular weight excluding hydrogens is 294 g/mol. The van der Waals surface area contributed by atoms with Gasteiger partial charge in [-0.1, -0.05) is 0 Å². The van der Waals surface area contributed by atoms with Crippen molar-refractivity contribution in [2.24, 2.45) is 5.92 Å². The fourth-order valence-electron chi connectivity index (χ4n) is 4.32. The monoisotopic (exact) mass is 319 g/mol. The second kappa shape index (κ2) is 5.58. The molecule has 0 spiro atoms. The summed E-state index contributed by atoms with van der Waals surface area (Å²) in [6.45, 7) is 2.59. The minimum Gasteiger partial charge on any atom is -0.376 e. The van der Waals surface area contributed by atoms with Crippen molar-refractivity contribution in [2.75, 3.05) is 34.3 Å². The van der Waals surface area contributed by atoms with Crippen molar-refractivity contribution in [3.05, 3.63) is 17.0 Å². The van der Waals surface area contributed by atoms with Gasteiger partial charge in [-0.3, -0.25) is 9.89 Å². The molecule has 0 unspecified atom stereocenters.